The fourth-order valence-electron chi connectivity index (χ4n) is 3.14. The predicted octanol–water partition coefficient (Wildman–Crippen LogP) is 5.99. The van der Waals surface area contributed by atoms with E-state index in [4.69, 9.17) is 0 Å². The van der Waals surface area contributed by atoms with Gasteiger partial charge in [0.1, 0.15) is 11.6 Å². The number of anilines is 1. The van der Waals surface area contributed by atoms with E-state index in [0.717, 1.165) is 25.3 Å². The van der Waals surface area contributed by atoms with Crippen molar-refractivity contribution in [2.45, 2.75) is 46.5 Å². The first-order chi connectivity index (χ1) is 9.77. The van der Waals surface area contributed by atoms with Crippen LogP contribution in [-0.4, -0.2) is 6.54 Å². The molecule has 1 aromatic rings. The van der Waals surface area contributed by atoms with Crippen molar-refractivity contribution in [2.75, 3.05) is 11.9 Å². The third kappa shape index (κ3) is 4.41. The van der Waals surface area contributed by atoms with E-state index < -0.39 is 11.6 Å². The van der Waals surface area contributed by atoms with E-state index in [-0.39, 0.29) is 10.2 Å². The summed E-state index contributed by atoms with van der Waals surface area (Å²) in [5, 5.41) is 3.07. The van der Waals surface area contributed by atoms with Gasteiger partial charge in [0.15, 0.2) is 0 Å². The molecule has 1 aliphatic rings. The smallest absolute Gasteiger partial charge is 0.147 e. The Morgan fingerprint density at radius 2 is 1.71 bits per heavy atom. The molecule has 0 unspecified atom stereocenters. The highest BCUT2D eigenvalue weighted by Gasteiger charge is 2.29. The van der Waals surface area contributed by atoms with Crippen molar-refractivity contribution in [1.29, 1.82) is 0 Å². The van der Waals surface area contributed by atoms with Crippen molar-refractivity contribution < 1.29 is 8.78 Å². The molecule has 0 aromatic heterocycles. The molecule has 1 saturated carbocycles. The third-order valence-electron chi connectivity index (χ3n) is 4.66. The van der Waals surface area contributed by atoms with Crippen LogP contribution in [0.15, 0.2) is 16.6 Å². The fourth-order valence-corrected chi connectivity index (χ4v) is 3.46. The lowest BCUT2D eigenvalue weighted by Crippen LogP contribution is -2.28. The Labute approximate surface area is 134 Å². The SMILES string of the molecule is CC(C)(C)C1CCC(CNc2cc(F)c(Br)cc2F)CC1. The lowest BCUT2D eigenvalue weighted by molar-refractivity contribution is 0.153. The molecule has 0 aliphatic heterocycles. The molecule has 1 nitrogen and oxygen atoms in total. The second-order valence-corrected chi connectivity index (χ2v) is 8.07. The maximum absolute atomic E-state index is 13.7. The molecule has 0 radical (unpaired) electrons. The van der Waals surface area contributed by atoms with Gasteiger partial charge in [-0.3, -0.25) is 0 Å². The monoisotopic (exact) mass is 359 g/mol. The van der Waals surface area contributed by atoms with Gasteiger partial charge in [-0.1, -0.05) is 20.8 Å². The Bertz CT molecular complexity index is 488. The minimum Gasteiger partial charge on any atom is -0.382 e. The van der Waals surface area contributed by atoms with E-state index in [1.54, 1.807) is 0 Å². The van der Waals surface area contributed by atoms with Gasteiger partial charge in [-0.05, 0) is 64.9 Å². The lowest BCUT2D eigenvalue weighted by atomic mass is 9.70. The average molecular weight is 360 g/mol. The first-order valence-electron chi connectivity index (χ1n) is 7.66. The summed E-state index contributed by atoms with van der Waals surface area (Å²) < 4.78 is 27.4. The van der Waals surface area contributed by atoms with Crippen LogP contribution in [0.1, 0.15) is 46.5 Å². The van der Waals surface area contributed by atoms with Gasteiger partial charge in [-0.2, -0.15) is 0 Å². The zero-order chi connectivity index (χ0) is 15.6. The van der Waals surface area contributed by atoms with Crippen LogP contribution in [0.4, 0.5) is 14.5 Å². The van der Waals surface area contributed by atoms with E-state index in [9.17, 15) is 8.78 Å². The van der Waals surface area contributed by atoms with Crippen molar-refractivity contribution in [3.63, 3.8) is 0 Å². The Balaban J connectivity index is 1.87. The molecule has 0 saturated heterocycles. The van der Waals surface area contributed by atoms with Crippen molar-refractivity contribution in [3.05, 3.63) is 28.2 Å². The number of benzene rings is 1. The predicted molar refractivity (Wildman–Crippen MR) is 87.5 cm³/mol. The second kappa shape index (κ2) is 6.64. The molecular formula is C17H24BrF2N. The summed E-state index contributed by atoms with van der Waals surface area (Å²) in [6.07, 6.45) is 4.78. The zero-order valence-electron chi connectivity index (χ0n) is 13.0. The molecule has 0 heterocycles. The number of halogens is 3. The van der Waals surface area contributed by atoms with E-state index >= 15 is 0 Å². The van der Waals surface area contributed by atoms with Crippen molar-refractivity contribution >= 4 is 21.6 Å². The summed E-state index contributed by atoms with van der Waals surface area (Å²) in [5.41, 5.74) is 0.632. The number of hydrogen-bond donors (Lipinski definition) is 1. The minimum atomic E-state index is -0.435. The first kappa shape index (κ1) is 16.7. The zero-order valence-corrected chi connectivity index (χ0v) is 14.6. The van der Waals surface area contributed by atoms with Gasteiger partial charge in [0.25, 0.3) is 0 Å². The number of rotatable bonds is 3. The lowest BCUT2D eigenvalue weighted by Gasteiger charge is -2.37. The summed E-state index contributed by atoms with van der Waals surface area (Å²) >= 11 is 2.99. The molecule has 118 valence electrons. The fraction of sp³-hybridized carbons (Fsp3) is 0.647. The minimum absolute atomic E-state index is 0.163. The Morgan fingerprint density at radius 1 is 1.10 bits per heavy atom. The van der Waals surface area contributed by atoms with Gasteiger partial charge in [0.2, 0.25) is 0 Å². The Hall–Kier alpha value is -0.640. The summed E-state index contributed by atoms with van der Waals surface area (Å²) in [4.78, 5) is 0. The Morgan fingerprint density at radius 3 is 2.29 bits per heavy atom. The van der Waals surface area contributed by atoms with Gasteiger partial charge >= 0.3 is 0 Å². The molecule has 0 atom stereocenters. The van der Waals surface area contributed by atoms with Crippen molar-refractivity contribution in [3.8, 4) is 0 Å². The highest BCUT2D eigenvalue weighted by molar-refractivity contribution is 9.10. The highest BCUT2D eigenvalue weighted by atomic mass is 79.9. The molecule has 1 N–H and O–H groups in total. The molecule has 21 heavy (non-hydrogen) atoms. The van der Waals surface area contributed by atoms with E-state index in [0.29, 0.717) is 11.3 Å². The van der Waals surface area contributed by atoms with Gasteiger partial charge in [-0.25, -0.2) is 8.78 Å². The average Bonchev–Trinajstić information content (AvgIpc) is 2.41. The standard InChI is InChI=1S/C17H24BrF2N/c1-17(2,3)12-6-4-11(5-7-12)10-21-16-9-14(19)13(18)8-15(16)20/h8-9,11-12,21H,4-7,10H2,1-3H3. The summed E-state index contributed by atoms with van der Waals surface area (Å²) in [6, 6.07) is 2.40. The van der Waals surface area contributed by atoms with Crippen molar-refractivity contribution in [2.24, 2.45) is 17.3 Å². The van der Waals surface area contributed by atoms with Gasteiger partial charge < -0.3 is 5.32 Å². The normalized spacial score (nSPS) is 23.1. The largest absolute Gasteiger partial charge is 0.382 e. The van der Waals surface area contributed by atoms with Gasteiger partial charge in [-0.15, -0.1) is 0 Å². The molecular weight excluding hydrogens is 336 g/mol. The second-order valence-electron chi connectivity index (χ2n) is 7.21. The van der Waals surface area contributed by atoms with Crippen LogP contribution in [-0.2, 0) is 0 Å². The highest BCUT2D eigenvalue weighted by Crippen LogP contribution is 2.39. The molecule has 0 spiro atoms. The number of nitrogens with one attached hydrogen (secondary N) is 1. The molecule has 1 aliphatic carbocycles. The van der Waals surface area contributed by atoms with Crippen LogP contribution in [0.25, 0.3) is 0 Å². The van der Waals surface area contributed by atoms with E-state index in [1.807, 2.05) is 0 Å². The topological polar surface area (TPSA) is 12.0 Å². The van der Waals surface area contributed by atoms with Crippen LogP contribution in [0.3, 0.4) is 0 Å². The summed E-state index contributed by atoms with van der Waals surface area (Å²) in [7, 11) is 0. The van der Waals surface area contributed by atoms with Crippen LogP contribution in [0.2, 0.25) is 0 Å². The maximum atomic E-state index is 13.7. The van der Waals surface area contributed by atoms with E-state index in [1.165, 1.54) is 25.0 Å². The molecule has 1 aromatic carbocycles. The van der Waals surface area contributed by atoms with Crippen LogP contribution >= 0.6 is 15.9 Å². The summed E-state index contributed by atoms with van der Waals surface area (Å²) in [6.45, 7) is 7.62. The Kier molecular flexibility index (Phi) is 5.29. The molecule has 0 bridgehead atoms. The maximum Gasteiger partial charge on any atom is 0.147 e. The molecule has 1 fully saturated rings. The number of hydrogen-bond acceptors (Lipinski definition) is 1. The third-order valence-corrected chi connectivity index (χ3v) is 5.27. The molecule has 4 heteroatoms. The van der Waals surface area contributed by atoms with E-state index in [2.05, 4.69) is 42.0 Å². The van der Waals surface area contributed by atoms with Crippen LogP contribution in [0.5, 0.6) is 0 Å². The van der Waals surface area contributed by atoms with Crippen molar-refractivity contribution in [1.82, 2.24) is 0 Å². The quantitative estimate of drug-likeness (QED) is 0.653. The molecule has 0 amide bonds. The van der Waals surface area contributed by atoms with Crippen LogP contribution < -0.4 is 5.32 Å². The van der Waals surface area contributed by atoms with Gasteiger partial charge in [0, 0.05) is 12.6 Å². The van der Waals surface area contributed by atoms with Crippen LogP contribution in [0, 0.1) is 28.9 Å². The molecule has 2 rings (SSSR count). The van der Waals surface area contributed by atoms with Gasteiger partial charge in [0.05, 0.1) is 10.2 Å². The first-order valence-corrected chi connectivity index (χ1v) is 8.45. The summed E-state index contributed by atoms with van der Waals surface area (Å²) in [5.74, 6) is 0.479.